The highest BCUT2D eigenvalue weighted by Gasteiger charge is 2.07. The van der Waals surface area contributed by atoms with E-state index in [1.807, 2.05) is 12.3 Å². The molecule has 0 unspecified atom stereocenters. The van der Waals surface area contributed by atoms with Gasteiger partial charge in [-0.05, 0) is 19.1 Å². The third kappa shape index (κ3) is 3.33. The maximum atomic E-state index is 11.9. The number of nitrogens with one attached hydrogen (secondary N) is 1. The molecular formula is C13H14N4O2S. The maximum absolute atomic E-state index is 11.9. The van der Waals surface area contributed by atoms with Crippen molar-refractivity contribution in [3.63, 3.8) is 0 Å². The Hall–Kier alpha value is -2.41. The quantitative estimate of drug-likeness (QED) is 0.343. The number of nitrogens with zero attached hydrogens (tertiary/aromatic N) is 2. The van der Waals surface area contributed by atoms with Crippen LogP contribution in [0.4, 0.5) is 0 Å². The highest BCUT2D eigenvalue weighted by atomic mass is 32.1. The SMILES string of the molecule is Cc1csc(CNC(=O)c2ccc(C(N)=NO)cc2)n1. The van der Waals surface area contributed by atoms with Gasteiger partial charge in [-0.2, -0.15) is 0 Å². The van der Waals surface area contributed by atoms with Crippen molar-refractivity contribution < 1.29 is 10.0 Å². The van der Waals surface area contributed by atoms with E-state index in [1.165, 1.54) is 11.3 Å². The molecule has 0 radical (unpaired) electrons. The number of hydrogen-bond acceptors (Lipinski definition) is 5. The van der Waals surface area contributed by atoms with E-state index in [-0.39, 0.29) is 11.7 Å². The van der Waals surface area contributed by atoms with Gasteiger partial charge >= 0.3 is 0 Å². The van der Waals surface area contributed by atoms with Crippen LogP contribution in [0.25, 0.3) is 0 Å². The number of aromatic nitrogens is 1. The Morgan fingerprint density at radius 3 is 2.60 bits per heavy atom. The molecule has 6 nitrogen and oxygen atoms in total. The number of rotatable bonds is 4. The van der Waals surface area contributed by atoms with E-state index in [9.17, 15) is 4.79 Å². The number of hydrogen-bond donors (Lipinski definition) is 3. The normalized spacial score (nSPS) is 11.3. The molecule has 0 aliphatic rings. The third-order valence-electron chi connectivity index (χ3n) is 2.62. The van der Waals surface area contributed by atoms with Crippen molar-refractivity contribution in [1.29, 1.82) is 0 Å². The van der Waals surface area contributed by atoms with Crippen molar-refractivity contribution in [1.82, 2.24) is 10.3 Å². The van der Waals surface area contributed by atoms with Crippen molar-refractivity contribution in [3.05, 3.63) is 51.5 Å². The average molecular weight is 290 g/mol. The maximum Gasteiger partial charge on any atom is 0.251 e. The Bertz CT molecular complexity index is 634. The third-order valence-corrected chi connectivity index (χ3v) is 3.58. The Kier molecular flexibility index (Phi) is 4.31. The zero-order chi connectivity index (χ0) is 14.5. The van der Waals surface area contributed by atoms with Gasteiger partial charge in [-0.3, -0.25) is 4.79 Å². The van der Waals surface area contributed by atoms with Crippen LogP contribution in [0.5, 0.6) is 0 Å². The number of amides is 1. The topological polar surface area (TPSA) is 101 Å². The summed E-state index contributed by atoms with van der Waals surface area (Å²) >= 11 is 1.51. The molecule has 0 aliphatic carbocycles. The molecule has 0 saturated carbocycles. The summed E-state index contributed by atoms with van der Waals surface area (Å²) in [5.41, 5.74) is 7.46. The minimum atomic E-state index is -0.191. The number of nitrogens with two attached hydrogens (primary N) is 1. The number of thiazole rings is 1. The van der Waals surface area contributed by atoms with Crippen LogP contribution in [-0.4, -0.2) is 21.9 Å². The zero-order valence-corrected chi connectivity index (χ0v) is 11.6. The number of carbonyl (C=O) groups excluding carboxylic acids is 1. The summed E-state index contributed by atoms with van der Waals surface area (Å²) in [6.45, 7) is 2.31. The van der Waals surface area contributed by atoms with Crippen molar-refractivity contribution >= 4 is 23.1 Å². The van der Waals surface area contributed by atoms with Gasteiger partial charge in [-0.15, -0.1) is 11.3 Å². The molecule has 4 N–H and O–H groups in total. The molecule has 0 spiro atoms. The van der Waals surface area contributed by atoms with E-state index in [1.54, 1.807) is 24.3 Å². The van der Waals surface area contributed by atoms with Gasteiger partial charge in [0.2, 0.25) is 0 Å². The molecule has 2 rings (SSSR count). The van der Waals surface area contributed by atoms with Crippen molar-refractivity contribution in [2.24, 2.45) is 10.9 Å². The van der Waals surface area contributed by atoms with Gasteiger partial charge < -0.3 is 16.3 Å². The second-order valence-corrected chi connectivity index (χ2v) is 5.07. The first-order valence-corrected chi connectivity index (χ1v) is 6.75. The molecule has 1 aromatic heterocycles. The Balaban J connectivity index is 1.99. The summed E-state index contributed by atoms with van der Waals surface area (Å²) in [4.78, 5) is 16.2. The predicted molar refractivity (Wildman–Crippen MR) is 77.0 cm³/mol. The van der Waals surface area contributed by atoms with Gasteiger partial charge in [0.25, 0.3) is 5.91 Å². The highest BCUT2D eigenvalue weighted by Crippen LogP contribution is 2.09. The summed E-state index contributed by atoms with van der Waals surface area (Å²) in [6, 6.07) is 6.49. The van der Waals surface area contributed by atoms with E-state index in [4.69, 9.17) is 10.9 Å². The summed E-state index contributed by atoms with van der Waals surface area (Å²) in [5, 5.41) is 17.0. The molecule has 104 valence electrons. The molecule has 0 atom stereocenters. The Labute approximate surface area is 120 Å². The summed E-state index contributed by atoms with van der Waals surface area (Å²) in [5.74, 6) is -0.181. The van der Waals surface area contributed by atoms with Crippen LogP contribution >= 0.6 is 11.3 Å². The fourth-order valence-electron chi connectivity index (χ4n) is 1.59. The predicted octanol–water partition coefficient (Wildman–Crippen LogP) is 1.48. The van der Waals surface area contributed by atoms with E-state index in [0.717, 1.165) is 10.7 Å². The molecule has 1 aromatic carbocycles. The second kappa shape index (κ2) is 6.16. The number of oxime groups is 1. The van der Waals surface area contributed by atoms with Gasteiger partial charge in [-0.1, -0.05) is 17.3 Å². The first kappa shape index (κ1) is 14.0. The van der Waals surface area contributed by atoms with E-state index < -0.39 is 0 Å². The molecule has 0 bridgehead atoms. The standard InChI is InChI=1S/C13H14N4O2S/c1-8-7-20-11(16-8)6-15-13(18)10-4-2-9(3-5-10)12(14)17-19/h2-5,7,19H,6H2,1H3,(H2,14,17)(H,15,18). The molecule has 0 fully saturated rings. The number of amidine groups is 1. The van der Waals surface area contributed by atoms with Crippen LogP contribution in [0.1, 0.15) is 26.6 Å². The Morgan fingerprint density at radius 2 is 2.05 bits per heavy atom. The van der Waals surface area contributed by atoms with E-state index in [2.05, 4.69) is 15.5 Å². The van der Waals surface area contributed by atoms with Crippen molar-refractivity contribution in [3.8, 4) is 0 Å². The molecule has 1 heterocycles. The molecule has 7 heteroatoms. The largest absolute Gasteiger partial charge is 0.409 e. The first-order chi connectivity index (χ1) is 9.60. The molecule has 1 amide bonds. The van der Waals surface area contributed by atoms with Crippen LogP contribution in [0.3, 0.4) is 0 Å². The molecule has 20 heavy (non-hydrogen) atoms. The van der Waals surface area contributed by atoms with Gasteiger partial charge in [-0.25, -0.2) is 4.98 Å². The van der Waals surface area contributed by atoms with Crippen molar-refractivity contribution in [2.75, 3.05) is 0 Å². The molecule has 0 aliphatic heterocycles. The zero-order valence-electron chi connectivity index (χ0n) is 10.8. The lowest BCUT2D eigenvalue weighted by molar-refractivity contribution is 0.0951. The first-order valence-electron chi connectivity index (χ1n) is 5.87. The van der Waals surface area contributed by atoms with Gasteiger partial charge in [0.1, 0.15) is 5.01 Å². The molecule has 2 aromatic rings. The lowest BCUT2D eigenvalue weighted by atomic mass is 10.1. The summed E-state index contributed by atoms with van der Waals surface area (Å²) in [7, 11) is 0. The van der Waals surface area contributed by atoms with Crippen molar-refractivity contribution in [2.45, 2.75) is 13.5 Å². The molecule has 0 saturated heterocycles. The van der Waals surface area contributed by atoms with Crippen LogP contribution < -0.4 is 11.1 Å². The number of carbonyl (C=O) groups is 1. The fourth-order valence-corrected chi connectivity index (χ4v) is 2.30. The van der Waals surface area contributed by atoms with Gasteiger partial charge in [0, 0.05) is 22.2 Å². The highest BCUT2D eigenvalue weighted by molar-refractivity contribution is 7.09. The van der Waals surface area contributed by atoms with Crippen LogP contribution in [0.15, 0.2) is 34.8 Å². The van der Waals surface area contributed by atoms with Gasteiger partial charge in [0.05, 0.1) is 6.54 Å². The minimum Gasteiger partial charge on any atom is -0.409 e. The van der Waals surface area contributed by atoms with E-state index >= 15 is 0 Å². The summed E-state index contributed by atoms with van der Waals surface area (Å²) < 4.78 is 0. The fraction of sp³-hybridized carbons (Fsp3) is 0.154. The summed E-state index contributed by atoms with van der Waals surface area (Å²) in [6.07, 6.45) is 0. The average Bonchev–Trinajstić information content (AvgIpc) is 2.89. The lowest BCUT2D eigenvalue weighted by Crippen LogP contribution is -2.23. The van der Waals surface area contributed by atoms with Crippen LogP contribution in [0.2, 0.25) is 0 Å². The lowest BCUT2D eigenvalue weighted by Gasteiger charge is -2.04. The van der Waals surface area contributed by atoms with Crippen LogP contribution in [0, 0.1) is 6.92 Å². The Morgan fingerprint density at radius 1 is 1.40 bits per heavy atom. The molecular weight excluding hydrogens is 276 g/mol. The monoisotopic (exact) mass is 290 g/mol. The number of benzene rings is 1. The smallest absolute Gasteiger partial charge is 0.251 e. The second-order valence-electron chi connectivity index (χ2n) is 4.13. The van der Waals surface area contributed by atoms with E-state index in [0.29, 0.717) is 17.7 Å². The van der Waals surface area contributed by atoms with Crippen LogP contribution in [-0.2, 0) is 6.54 Å². The van der Waals surface area contributed by atoms with Gasteiger partial charge in [0.15, 0.2) is 5.84 Å². The minimum absolute atomic E-state index is 0.00946. The number of aryl methyl sites for hydroxylation is 1.